The molecule has 1 aromatic rings. The Labute approximate surface area is 104 Å². The van der Waals surface area contributed by atoms with E-state index >= 15 is 0 Å². The highest BCUT2D eigenvalue weighted by Crippen LogP contribution is 2.20. The molecule has 1 atom stereocenters. The molecule has 0 bridgehead atoms. The number of benzene rings is 1. The maximum absolute atomic E-state index is 11.7. The quantitative estimate of drug-likeness (QED) is 0.875. The van der Waals surface area contributed by atoms with Crippen LogP contribution in [-0.4, -0.2) is 23.7 Å². The van der Waals surface area contributed by atoms with Crippen LogP contribution in [0.15, 0.2) is 18.2 Å². The molecule has 0 radical (unpaired) electrons. The second kappa shape index (κ2) is 6.09. The van der Waals surface area contributed by atoms with E-state index in [0.29, 0.717) is 22.0 Å². The van der Waals surface area contributed by atoms with Crippen molar-refractivity contribution < 1.29 is 9.90 Å². The molecule has 0 aliphatic heterocycles. The third kappa shape index (κ3) is 3.67. The number of carbonyl (C=O) groups is 1. The lowest BCUT2D eigenvalue weighted by Crippen LogP contribution is -2.31. The zero-order valence-electron chi connectivity index (χ0n) is 8.84. The fraction of sp³-hybridized carbons (Fsp3) is 0.364. The van der Waals surface area contributed by atoms with E-state index in [-0.39, 0.29) is 12.5 Å². The molecular formula is C11H13Cl2NO2. The molecule has 88 valence electrons. The van der Waals surface area contributed by atoms with E-state index < -0.39 is 6.10 Å². The van der Waals surface area contributed by atoms with Gasteiger partial charge in [0.05, 0.1) is 16.7 Å². The first-order chi connectivity index (χ1) is 7.54. The van der Waals surface area contributed by atoms with Gasteiger partial charge in [-0.05, 0) is 24.6 Å². The lowest BCUT2D eigenvalue weighted by molar-refractivity contribution is 0.0914. The van der Waals surface area contributed by atoms with E-state index in [4.69, 9.17) is 23.2 Å². The maximum Gasteiger partial charge on any atom is 0.252 e. The maximum atomic E-state index is 11.7. The standard InChI is InChI=1S/C11H13Cl2NO2/c1-2-8(15)6-14-11(16)9-5-7(12)3-4-10(9)13/h3-5,8,15H,2,6H2,1H3,(H,14,16). The number of nitrogens with one attached hydrogen (secondary N) is 1. The van der Waals surface area contributed by atoms with Gasteiger partial charge in [0.25, 0.3) is 5.91 Å². The average molecular weight is 262 g/mol. The molecule has 1 rings (SSSR count). The van der Waals surface area contributed by atoms with E-state index in [1.807, 2.05) is 6.92 Å². The molecule has 0 aliphatic carbocycles. The third-order valence-electron chi connectivity index (χ3n) is 2.14. The van der Waals surface area contributed by atoms with Crippen molar-refractivity contribution >= 4 is 29.1 Å². The molecule has 1 amide bonds. The lowest BCUT2D eigenvalue weighted by atomic mass is 10.2. The summed E-state index contributed by atoms with van der Waals surface area (Å²) in [6.07, 6.45) is 0.0470. The van der Waals surface area contributed by atoms with Gasteiger partial charge in [-0.15, -0.1) is 0 Å². The molecule has 0 saturated heterocycles. The summed E-state index contributed by atoms with van der Waals surface area (Å²) in [7, 11) is 0. The third-order valence-corrected chi connectivity index (χ3v) is 2.71. The molecule has 3 nitrogen and oxygen atoms in total. The Morgan fingerprint density at radius 1 is 1.50 bits per heavy atom. The average Bonchev–Trinajstić information content (AvgIpc) is 2.28. The van der Waals surface area contributed by atoms with Crippen molar-refractivity contribution in [1.29, 1.82) is 0 Å². The Morgan fingerprint density at radius 2 is 2.19 bits per heavy atom. The van der Waals surface area contributed by atoms with Crippen molar-refractivity contribution in [2.45, 2.75) is 19.4 Å². The number of aliphatic hydroxyl groups is 1. The predicted molar refractivity (Wildman–Crippen MR) is 65.1 cm³/mol. The molecule has 0 aromatic heterocycles. The summed E-state index contributed by atoms with van der Waals surface area (Å²) in [5.74, 6) is -0.333. The summed E-state index contributed by atoms with van der Waals surface area (Å²) in [5.41, 5.74) is 0.317. The Bertz CT molecular complexity index is 382. The number of carbonyl (C=O) groups excluding carboxylic acids is 1. The van der Waals surface area contributed by atoms with Gasteiger partial charge >= 0.3 is 0 Å². The number of hydrogen-bond donors (Lipinski definition) is 2. The molecule has 16 heavy (non-hydrogen) atoms. The van der Waals surface area contributed by atoms with Gasteiger partial charge in [-0.1, -0.05) is 30.1 Å². The number of rotatable bonds is 4. The topological polar surface area (TPSA) is 49.3 Å². The van der Waals surface area contributed by atoms with Crippen molar-refractivity contribution in [2.75, 3.05) is 6.54 Å². The SMILES string of the molecule is CCC(O)CNC(=O)c1cc(Cl)ccc1Cl. The number of hydrogen-bond acceptors (Lipinski definition) is 2. The van der Waals surface area contributed by atoms with Crippen molar-refractivity contribution in [1.82, 2.24) is 5.32 Å². The minimum absolute atomic E-state index is 0.207. The fourth-order valence-corrected chi connectivity index (χ4v) is 1.50. The van der Waals surface area contributed by atoms with Gasteiger partial charge in [-0.25, -0.2) is 0 Å². The highest BCUT2D eigenvalue weighted by molar-refractivity contribution is 6.35. The predicted octanol–water partition coefficient (Wildman–Crippen LogP) is 2.49. The van der Waals surface area contributed by atoms with E-state index in [1.54, 1.807) is 12.1 Å². The number of aliphatic hydroxyl groups excluding tert-OH is 1. The Hall–Kier alpha value is -0.770. The van der Waals surface area contributed by atoms with Crippen LogP contribution in [0.1, 0.15) is 23.7 Å². The van der Waals surface area contributed by atoms with Gasteiger partial charge in [-0.2, -0.15) is 0 Å². The highest BCUT2D eigenvalue weighted by Gasteiger charge is 2.11. The highest BCUT2D eigenvalue weighted by atomic mass is 35.5. The van der Waals surface area contributed by atoms with Crippen LogP contribution >= 0.6 is 23.2 Å². The van der Waals surface area contributed by atoms with Crippen LogP contribution in [0.2, 0.25) is 10.0 Å². The summed E-state index contributed by atoms with van der Waals surface area (Å²) < 4.78 is 0. The molecule has 1 aromatic carbocycles. The van der Waals surface area contributed by atoms with Gasteiger partial charge in [0.15, 0.2) is 0 Å². The Balaban J connectivity index is 2.69. The van der Waals surface area contributed by atoms with Gasteiger partial charge in [0.1, 0.15) is 0 Å². The molecule has 0 saturated carbocycles. The van der Waals surface area contributed by atoms with Crippen LogP contribution in [0.3, 0.4) is 0 Å². The van der Waals surface area contributed by atoms with Crippen molar-refractivity contribution in [3.05, 3.63) is 33.8 Å². The van der Waals surface area contributed by atoms with Crippen molar-refractivity contribution in [2.24, 2.45) is 0 Å². The molecular weight excluding hydrogens is 249 g/mol. The molecule has 0 aliphatic rings. The second-order valence-corrected chi connectivity index (χ2v) is 4.24. The molecule has 5 heteroatoms. The van der Waals surface area contributed by atoms with Gasteiger partial charge in [-0.3, -0.25) is 4.79 Å². The summed E-state index contributed by atoms with van der Waals surface area (Å²) in [6, 6.07) is 4.67. The van der Waals surface area contributed by atoms with Crippen LogP contribution in [0.5, 0.6) is 0 Å². The minimum Gasteiger partial charge on any atom is -0.391 e. The van der Waals surface area contributed by atoms with Gasteiger partial charge in [0.2, 0.25) is 0 Å². The lowest BCUT2D eigenvalue weighted by Gasteiger charge is -2.10. The number of halogens is 2. The summed E-state index contributed by atoms with van der Waals surface area (Å²) in [6.45, 7) is 2.04. The fourth-order valence-electron chi connectivity index (χ4n) is 1.12. The van der Waals surface area contributed by atoms with E-state index in [2.05, 4.69) is 5.32 Å². The van der Waals surface area contributed by atoms with E-state index in [9.17, 15) is 9.90 Å². The smallest absolute Gasteiger partial charge is 0.252 e. The normalized spacial score (nSPS) is 12.2. The molecule has 0 heterocycles. The van der Waals surface area contributed by atoms with Crippen LogP contribution < -0.4 is 5.32 Å². The zero-order valence-corrected chi connectivity index (χ0v) is 10.3. The molecule has 0 spiro atoms. The number of amides is 1. The Kier molecular flexibility index (Phi) is 5.06. The summed E-state index contributed by atoms with van der Waals surface area (Å²) >= 11 is 11.6. The van der Waals surface area contributed by atoms with Crippen molar-refractivity contribution in [3.8, 4) is 0 Å². The monoisotopic (exact) mass is 261 g/mol. The first kappa shape index (κ1) is 13.3. The van der Waals surface area contributed by atoms with Crippen LogP contribution in [-0.2, 0) is 0 Å². The van der Waals surface area contributed by atoms with E-state index in [1.165, 1.54) is 6.07 Å². The molecule has 0 fully saturated rings. The van der Waals surface area contributed by atoms with E-state index in [0.717, 1.165) is 0 Å². The van der Waals surface area contributed by atoms with Crippen LogP contribution in [0.25, 0.3) is 0 Å². The molecule has 1 unspecified atom stereocenters. The first-order valence-corrected chi connectivity index (χ1v) is 5.71. The van der Waals surface area contributed by atoms with Crippen LogP contribution in [0.4, 0.5) is 0 Å². The summed E-state index contributed by atoms with van der Waals surface area (Å²) in [4.78, 5) is 11.7. The largest absolute Gasteiger partial charge is 0.391 e. The minimum atomic E-state index is -0.540. The summed E-state index contributed by atoms with van der Waals surface area (Å²) in [5, 5.41) is 12.7. The second-order valence-electron chi connectivity index (χ2n) is 3.40. The van der Waals surface area contributed by atoms with Crippen molar-refractivity contribution in [3.63, 3.8) is 0 Å². The zero-order chi connectivity index (χ0) is 12.1. The Morgan fingerprint density at radius 3 is 2.81 bits per heavy atom. The van der Waals surface area contributed by atoms with Gasteiger partial charge in [0, 0.05) is 11.6 Å². The molecule has 2 N–H and O–H groups in total. The first-order valence-electron chi connectivity index (χ1n) is 4.96. The van der Waals surface area contributed by atoms with Crippen LogP contribution in [0, 0.1) is 0 Å². The van der Waals surface area contributed by atoms with Gasteiger partial charge < -0.3 is 10.4 Å².